The van der Waals surface area contributed by atoms with E-state index in [1.54, 1.807) is 4.90 Å². The number of amides is 1. The molecule has 7 nitrogen and oxygen atoms in total. The Morgan fingerprint density at radius 1 is 1.13 bits per heavy atom. The fraction of sp³-hybridized carbons (Fsp3) is 0.316. The number of piperidine rings is 1. The molecule has 3 aromatic rings. The Morgan fingerprint density at radius 2 is 1.90 bits per heavy atom. The average Bonchev–Trinajstić information content (AvgIpc) is 3.25. The number of carbonyl (C=O) groups is 1. The van der Waals surface area contributed by atoms with Gasteiger partial charge in [-0.3, -0.25) is 9.78 Å². The number of carbonyl (C=O) groups excluding carboxylic acids is 1. The lowest BCUT2D eigenvalue weighted by atomic mass is 9.94. The highest BCUT2D eigenvalue weighted by molar-refractivity contribution is 5.94. The van der Waals surface area contributed by atoms with Crippen LogP contribution in [-0.4, -0.2) is 44.0 Å². The summed E-state index contributed by atoms with van der Waals surface area (Å²) in [6.07, 6.45) is -0.556. The molecule has 4 rings (SSSR count). The van der Waals surface area contributed by atoms with Crippen LogP contribution in [0.5, 0.6) is 0 Å². The van der Waals surface area contributed by atoms with Gasteiger partial charge in [-0.15, -0.1) is 0 Å². The minimum absolute atomic E-state index is 0.0498. The van der Waals surface area contributed by atoms with Crippen molar-refractivity contribution in [2.75, 3.05) is 13.1 Å². The van der Waals surface area contributed by atoms with Crippen molar-refractivity contribution in [3.05, 3.63) is 59.6 Å². The minimum atomic E-state index is -4.75. The number of nitrogens with zero attached hydrogens (tertiary/aromatic N) is 5. The predicted octanol–water partition coefficient (Wildman–Crippen LogP) is 3.70. The predicted molar refractivity (Wildman–Crippen MR) is 94.6 cm³/mol. The van der Waals surface area contributed by atoms with Gasteiger partial charge in [0.2, 0.25) is 5.82 Å². The van der Waals surface area contributed by atoms with Gasteiger partial charge in [0.25, 0.3) is 5.91 Å². The maximum atomic E-state index is 13.1. The van der Waals surface area contributed by atoms with Crippen molar-refractivity contribution in [1.82, 2.24) is 25.0 Å². The summed E-state index contributed by atoms with van der Waals surface area (Å²) in [5.41, 5.74) is 0.944. The molecule has 156 valence electrons. The summed E-state index contributed by atoms with van der Waals surface area (Å²) in [5.74, 6) is -2.59. The first-order chi connectivity index (χ1) is 14.3. The Hall–Kier alpha value is -3.37. The van der Waals surface area contributed by atoms with Crippen LogP contribution in [0.3, 0.4) is 0 Å². The van der Waals surface area contributed by atoms with Crippen LogP contribution < -0.4 is 0 Å². The minimum Gasteiger partial charge on any atom is -0.338 e. The fourth-order valence-corrected chi connectivity index (χ4v) is 3.31. The van der Waals surface area contributed by atoms with Gasteiger partial charge >= 0.3 is 12.1 Å². The fourth-order valence-electron chi connectivity index (χ4n) is 3.31. The van der Waals surface area contributed by atoms with E-state index in [9.17, 15) is 22.4 Å². The lowest BCUT2D eigenvalue weighted by molar-refractivity contribution is -0.159. The van der Waals surface area contributed by atoms with Crippen molar-refractivity contribution in [1.29, 1.82) is 0 Å². The van der Waals surface area contributed by atoms with Gasteiger partial charge in [0.15, 0.2) is 0 Å². The molecule has 0 N–H and O–H groups in total. The van der Waals surface area contributed by atoms with Gasteiger partial charge in [-0.1, -0.05) is 5.16 Å². The molecule has 0 radical (unpaired) electrons. The van der Waals surface area contributed by atoms with Crippen molar-refractivity contribution in [2.45, 2.75) is 24.9 Å². The molecule has 0 bridgehead atoms. The summed E-state index contributed by atoms with van der Waals surface area (Å²) in [4.78, 5) is 26.0. The number of hydrogen-bond acceptors (Lipinski definition) is 6. The Labute approximate surface area is 167 Å². The van der Waals surface area contributed by atoms with E-state index in [0.717, 1.165) is 6.42 Å². The van der Waals surface area contributed by atoms with Crippen LogP contribution in [0.15, 0.2) is 41.2 Å². The lowest BCUT2D eigenvalue weighted by Gasteiger charge is -2.32. The maximum Gasteiger partial charge on any atom is 0.471 e. The zero-order valence-corrected chi connectivity index (χ0v) is 15.4. The normalized spacial score (nSPS) is 17.2. The highest BCUT2D eigenvalue weighted by atomic mass is 19.4. The number of likely N-dealkylation sites (tertiary alicyclic amines) is 1. The molecule has 1 aromatic carbocycles. The molecule has 0 saturated carbocycles. The standard InChI is InChI=1S/C19H15F4N5O2/c20-13-5-3-11(4-6-13)17(29)28-7-1-2-12(10-28)14-8-24-9-15(25-14)16-26-18(30-27-16)19(21,22)23/h3-6,8-9,12H,1-2,7,10H2. The molecule has 0 spiro atoms. The van der Waals surface area contributed by atoms with Crippen LogP contribution in [0.25, 0.3) is 11.5 Å². The van der Waals surface area contributed by atoms with Gasteiger partial charge in [0.1, 0.15) is 11.5 Å². The van der Waals surface area contributed by atoms with Crippen LogP contribution in [0.2, 0.25) is 0 Å². The second-order valence-electron chi connectivity index (χ2n) is 6.85. The van der Waals surface area contributed by atoms with Gasteiger partial charge in [-0.2, -0.15) is 18.2 Å². The third kappa shape index (κ3) is 4.14. The Morgan fingerprint density at radius 3 is 2.60 bits per heavy atom. The van der Waals surface area contributed by atoms with Crippen molar-refractivity contribution in [2.24, 2.45) is 0 Å². The summed E-state index contributed by atoms with van der Waals surface area (Å²) < 4.78 is 55.4. The zero-order valence-electron chi connectivity index (χ0n) is 15.4. The SMILES string of the molecule is O=C(c1ccc(F)cc1)N1CCCC(c2cncc(-c3noc(C(F)(F)F)n3)n2)C1. The molecule has 11 heteroatoms. The first-order valence-corrected chi connectivity index (χ1v) is 9.09. The number of hydrogen-bond donors (Lipinski definition) is 0. The highest BCUT2D eigenvalue weighted by Crippen LogP contribution is 2.30. The molecule has 1 aliphatic rings. The van der Waals surface area contributed by atoms with Gasteiger partial charge in [0.05, 0.1) is 11.9 Å². The van der Waals surface area contributed by atoms with Crippen molar-refractivity contribution >= 4 is 5.91 Å². The Bertz CT molecular complexity index is 1050. The molecule has 1 fully saturated rings. The van der Waals surface area contributed by atoms with Crippen LogP contribution in [0.4, 0.5) is 17.6 Å². The first-order valence-electron chi connectivity index (χ1n) is 9.09. The van der Waals surface area contributed by atoms with Gasteiger partial charge in [0, 0.05) is 30.8 Å². The van der Waals surface area contributed by atoms with E-state index in [2.05, 4.69) is 24.6 Å². The molecule has 1 atom stereocenters. The Balaban J connectivity index is 1.53. The highest BCUT2D eigenvalue weighted by Gasteiger charge is 2.38. The van der Waals surface area contributed by atoms with Crippen LogP contribution in [0, 0.1) is 5.82 Å². The quantitative estimate of drug-likeness (QED) is 0.600. The van der Waals surface area contributed by atoms with E-state index >= 15 is 0 Å². The molecular weight excluding hydrogens is 406 g/mol. The molecule has 3 heterocycles. The molecule has 1 saturated heterocycles. The molecular formula is C19H15F4N5O2. The summed E-state index contributed by atoms with van der Waals surface area (Å²) in [5, 5.41) is 3.33. The third-order valence-corrected chi connectivity index (χ3v) is 4.77. The second-order valence-corrected chi connectivity index (χ2v) is 6.85. The van der Waals surface area contributed by atoms with Crippen LogP contribution in [0.1, 0.15) is 40.7 Å². The number of rotatable bonds is 3. The molecule has 2 aromatic heterocycles. The molecule has 1 amide bonds. The second kappa shape index (κ2) is 7.81. The summed E-state index contributed by atoms with van der Waals surface area (Å²) in [7, 11) is 0. The van der Waals surface area contributed by atoms with E-state index in [1.165, 1.54) is 36.7 Å². The third-order valence-electron chi connectivity index (χ3n) is 4.77. The largest absolute Gasteiger partial charge is 0.471 e. The topological polar surface area (TPSA) is 85.0 Å². The summed E-state index contributed by atoms with van der Waals surface area (Å²) in [6.45, 7) is 0.897. The van der Waals surface area contributed by atoms with E-state index < -0.39 is 17.9 Å². The monoisotopic (exact) mass is 421 g/mol. The van der Waals surface area contributed by atoms with E-state index in [1.807, 2.05) is 0 Å². The molecule has 30 heavy (non-hydrogen) atoms. The number of benzene rings is 1. The summed E-state index contributed by atoms with van der Waals surface area (Å²) in [6, 6.07) is 5.31. The van der Waals surface area contributed by atoms with E-state index in [0.29, 0.717) is 30.8 Å². The molecule has 0 aliphatic carbocycles. The number of aromatic nitrogens is 4. The van der Waals surface area contributed by atoms with Crippen molar-refractivity contribution in [3.8, 4) is 11.5 Å². The van der Waals surface area contributed by atoms with Gasteiger partial charge < -0.3 is 9.42 Å². The summed E-state index contributed by atoms with van der Waals surface area (Å²) >= 11 is 0. The first kappa shape index (κ1) is 19.9. The number of halogens is 4. The van der Waals surface area contributed by atoms with Crippen LogP contribution >= 0.6 is 0 Å². The van der Waals surface area contributed by atoms with Crippen molar-refractivity contribution < 1.29 is 26.9 Å². The van der Waals surface area contributed by atoms with E-state index in [4.69, 9.17) is 0 Å². The molecule has 1 aliphatic heterocycles. The zero-order chi connectivity index (χ0) is 21.3. The van der Waals surface area contributed by atoms with Gasteiger partial charge in [-0.05, 0) is 37.1 Å². The molecule has 1 unspecified atom stereocenters. The van der Waals surface area contributed by atoms with Gasteiger partial charge in [-0.25, -0.2) is 9.37 Å². The average molecular weight is 421 g/mol. The lowest BCUT2D eigenvalue weighted by Crippen LogP contribution is -2.39. The van der Waals surface area contributed by atoms with Crippen molar-refractivity contribution in [3.63, 3.8) is 0 Å². The Kier molecular flexibility index (Phi) is 5.18. The maximum absolute atomic E-state index is 13.1. The van der Waals surface area contributed by atoms with E-state index in [-0.39, 0.29) is 23.3 Å². The smallest absolute Gasteiger partial charge is 0.338 e. The van der Waals surface area contributed by atoms with Crippen LogP contribution in [-0.2, 0) is 6.18 Å². The number of alkyl halides is 3.